The second-order valence-corrected chi connectivity index (χ2v) is 7.52. The van der Waals surface area contributed by atoms with Gasteiger partial charge in [0.25, 0.3) is 0 Å². The smallest absolute Gasteiger partial charge is 0.197 e. The van der Waals surface area contributed by atoms with E-state index in [-0.39, 0.29) is 22.6 Å². The van der Waals surface area contributed by atoms with E-state index < -0.39 is 0 Å². The molecule has 0 amide bonds. The first-order valence-corrected chi connectivity index (χ1v) is 9.02. The maximum Gasteiger partial charge on any atom is 0.197 e. The number of rotatable bonds is 6. The minimum atomic E-state index is -0.193. The van der Waals surface area contributed by atoms with Gasteiger partial charge in [0, 0.05) is 0 Å². The fourth-order valence-corrected chi connectivity index (χ4v) is 4.29. The molecule has 0 bridgehead atoms. The molecule has 2 aliphatic rings. The van der Waals surface area contributed by atoms with Crippen LogP contribution in [0, 0.1) is 5.92 Å². The van der Waals surface area contributed by atoms with Crippen LogP contribution in [-0.4, -0.2) is 22.8 Å². The average molecular weight is 318 g/mol. The Morgan fingerprint density at radius 2 is 1.82 bits per heavy atom. The topological polar surface area (TPSA) is 43.4 Å². The Kier molecular flexibility index (Phi) is 5.19. The van der Waals surface area contributed by atoms with E-state index in [1.54, 1.807) is 0 Å². The van der Waals surface area contributed by atoms with Crippen molar-refractivity contribution < 1.29 is 14.3 Å². The van der Waals surface area contributed by atoms with Crippen LogP contribution < -0.4 is 4.74 Å². The summed E-state index contributed by atoms with van der Waals surface area (Å²) in [5.74, 6) is 1.80. The molecule has 1 aliphatic carbocycles. The highest BCUT2D eigenvalue weighted by Gasteiger charge is 2.31. The summed E-state index contributed by atoms with van der Waals surface area (Å²) in [6.45, 7) is 0.787. The van der Waals surface area contributed by atoms with Crippen LogP contribution in [0.25, 0.3) is 0 Å². The number of benzene rings is 1. The van der Waals surface area contributed by atoms with Crippen LogP contribution in [0.1, 0.15) is 44.1 Å². The first-order valence-electron chi connectivity index (χ1n) is 8.14. The summed E-state index contributed by atoms with van der Waals surface area (Å²) in [4.78, 5) is 22.9. The summed E-state index contributed by atoms with van der Waals surface area (Å²) in [5, 5.41) is -0.191. The zero-order chi connectivity index (χ0) is 15.4. The second kappa shape index (κ2) is 7.32. The zero-order valence-electron chi connectivity index (χ0n) is 12.8. The van der Waals surface area contributed by atoms with Crippen LogP contribution >= 0.6 is 11.8 Å². The second-order valence-electron chi connectivity index (χ2n) is 6.26. The van der Waals surface area contributed by atoms with Crippen LogP contribution in [0.3, 0.4) is 0 Å². The maximum absolute atomic E-state index is 11.7. The molecule has 0 aromatic heterocycles. The van der Waals surface area contributed by atoms with Gasteiger partial charge >= 0.3 is 0 Å². The number of carbonyl (C=O) groups is 2. The molecule has 4 heteroatoms. The molecule has 1 aliphatic heterocycles. The van der Waals surface area contributed by atoms with E-state index >= 15 is 0 Å². The maximum atomic E-state index is 11.7. The minimum absolute atomic E-state index is 0.00173. The average Bonchev–Trinajstić information content (AvgIpc) is 3.11. The molecule has 3 nitrogen and oxygen atoms in total. The standard InChI is InChI=1S/C18H22O3S/c19-16-12-18(20)22-17(16)11-14-5-7-15(8-6-14)21-10-9-13-3-1-2-4-13/h5-8,13,17H,1-4,9-12H2. The van der Waals surface area contributed by atoms with Crippen molar-refractivity contribution in [3.63, 3.8) is 0 Å². The van der Waals surface area contributed by atoms with E-state index in [1.165, 1.54) is 37.4 Å². The summed E-state index contributed by atoms with van der Waals surface area (Å²) in [6, 6.07) is 7.94. The summed E-state index contributed by atoms with van der Waals surface area (Å²) in [7, 11) is 0. The lowest BCUT2D eigenvalue weighted by molar-refractivity contribution is -0.121. The number of carbonyl (C=O) groups excluding carboxylic acids is 2. The van der Waals surface area contributed by atoms with Crippen LogP contribution in [0.15, 0.2) is 24.3 Å². The fraction of sp³-hybridized carbons (Fsp3) is 0.556. The van der Waals surface area contributed by atoms with E-state index in [9.17, 15) is 9.59 Å². The number of Topliss-reactive ketones (excluding diaryl/α,β-unsaturated/α-hetero) is 1. The summed E-state index contributed by atoms with van der Waals surface area (Å²) in [6.07, 6.45) is 7.34. The molecule has 0 N–H and O–H groups in total. The van der Waals surface area contributed by atoms with Crippen molar-refractivity contribution in [3.8, 4) is 5.75 Å². The molecule has 1 aromatic carbocycles. The lowest BCUT2D eigenvalue weighted by Crippen LogP contribution is -2.13. The Hall–Kier alpha value is -1.29. The molecule has 0 radical (unpaired) electrons. The molecule has 1 atom stereocenters. The van der Waals surface area contributed by atoms with E-state index in [0.717, 1.165) is 30.3 Å². The summed E-state index contributed by atoms with van der Waals surface area (Å²) < 4.78 is 5.80. The molecular formula is C18H22O3S. The molecule has 1 saturated heterocycles. The van der Waals surface area contributed by atoms with Crippen molar-refractivity contribution in [1.82, 2.24) is 0 Å². The third-order valence-electron chi connectivity index (χ3n) is 4.57. The van der Waals surface area contributed by atoms with Gasteiger partial charge in [0.15, 0.2) is 10.9 Å². The van der Waals surface area contributed by atoms with Crippen molar-refractivity contribution in [2.45, 2.75) is 50.2 Å². The van der Waals surface area contributed by atoms with Crippen molar-refractivity contribution in [2.75, 3.05) is 6.61 Å². The lowest BCUT2D eigenvalue weighted by atomic mass is 10.1. The molecule has 2 fully saturated rings. The van der Waals surface area contributed by atoms with Crippen molar-refractivity contribution in [1.29, 1.82) is 0 Å². The molecule has 1 heterocycles. The van der Waals surface area contributed by atoms with E-state index in [4.69, 9.17) is 4.74 Å². The first-order chi connectivity index (χ1) is 10.7. The fourth-order valence-electron chi connectivity index (χ4n) is 3.26. The summed E-state index contributed by atoms with van der Waals surface area (Å²) in [5.41, 5.74) is 1.09. The van der Waals surface area contributed by atoms with Gasteiger partial charge in [0.1, 0.15) is 5.75 Å². The van der Waals surface area contributed by atoms with Gasteiger partial charge in [-0.05, 0) is 36.5 Å². The van der Waals surface area contributed by atoms with Gasteiger partial charge in [-0.3, -0.25) is 9.59 Å². The van der Waals surface area contributed by atoms with Gasteiger partial charge in [-0.25, -0.2) is 0 Å². The van der Waals surface area contributed by atoms with Gasteiger partial charge in [0.2, 0.25) is 0 Å². The highest BCUT2D eigenvalue weighted by molar-refractivity contribution is 8.15. The third-order valence-corrected chi connectivity index (χ3v) is 5.69. The predicted octanol–water partition coefficient (Wildman–Crippen LogP) is 3.79. The largest absolute Gasteiger partial charge is 0.494 e. The Bertz CT molecular complexity index is 532. The minimum Gasteiger partial charge on any atom is -0.494 e. The van der Waals surface area contributed by atoms with E-state index in [2.05, 4.69) is 0 Å². The number of hydrogen-bond donors (Lipinski definition) is 0. The Labute approximate surface area is 135 Å². The van der Waals surface area contributed by atoms with Crippen molar-refractivity contribution in [2.24, 2.45) is 5.92 Å². The molecule has 118 valence electrons. The number of hydrogen-bond acceptors (Lipinski definition) is 4. The molecule has 1 saturated carbocycles. The Morgan fingerprint density at radius 3 is 2.45 bits per heavy atom. The Morgan fingerprint density at radius 1 is 1.09 bits per heavy atom. The number of ketones is 1. The SMILES string of the molecule is O=C1CC(=O)C(Cc2ccc(OCCC3CCCC3)cc2)S1. The van der Waals surface area contributed by atoms with Crippen LogP contribution in [0.2, 0.25) is 0 Å². The van der Waals surface area contributed by atoms with Crippen LogP contribution in [-0.2, 0) is 16.0 Å². The molecule has 3 rings (SSSR count). The van der Waals surface area contributed by atoms with Crippen LogP contribution in [0.5, 0.6) is 5.75 Å². The van der Waals surface area contributed by atoms with Crippen LogP contribution in [0.4, 0.5) is 0 Å². The van der Waals surface area contributed by atoms with Gasteiger partial charge < -0.3 is 4.74 Å². The molecule has 0 spiro atoms. The number of thioether (sulfide) groups is 1. The highest BCUT2D eigenvalue weighted by atomic mass is 32.2. The van der Waals surface area contributed by atoms with Crippen molar-refractivity contribution in [3.05, 3.63) is 29.8 Å². The van der Waals surface area contributed by atoms with Gasteiger partial charge in [-0.1, -0.05) is 49.6 Å². The third kappa shape index (κ3) is 4.13. The van der Waals surface area contributed by atoms with Crippen molar-refractivity contribution >= 4 is 22.7 Å². The molecule has 22 heavy (non-hydrogen) atoms. The normalized spacial score (nSPS) is 22.5. The van der Waals surface area contributed by atoms with E-state index in [1.807, 2.05) is 24.3 Å². The summed E-state index contributed by atoms with van der Waals surface area (Å²) >= 11 is 1.18. The molecule has 1 unspecified atom stereocenters. The zero-order valence-corrected chi connectivity index (χ0v) is 13.6. The first kappa shape index (κ1) is 15.6. The highest BCUT2D eigenvalue weighted by Crippen LogP contribution is 2.29. The van der Waals surface area contributed by atoms with Gasteiger partial charge in [-0.2, -0.15) is 0 Å². The molecular weight excluding hydrogens is 296 g/mol. The quantitative estimate of drug-likeness (QED) is 0.749. The molecule has 1 aromatic rings. The van der Waals surface area contributed by atoms with Gasteiger partial charge in [-0.15, -0.1) is 0 Å². The predicted molar refractivity (Wildman–Crippen MR) is 88.2 cm³/mol. The monoisotopic (exact) mass is 318 g/mol. The van der Waals surface area contributed by atoms with E-state index in [0.29, 0.717) is 6.42 Å². The Balaban J connectivity index is 1.45. The lowest BCUT2D eigenvalue weighted by Gasteiger charge is -2.11. The number of ether oxygens (including phenoxy) is 1. The van der Waals surface area contributed by atoms with Gasteiger partial charge in [0.05, 0.1) is 18.3 Å².